The normalized spacial score (nSPS) is 18.5. The second-order valence-corrected chi connectivity index (χ2v) is 7.39. The van der Waals surface area contributed by atoms with Crippen LogP contribution in [0.5, 0.6) is 0 Å². The third-order valence-corrected chi connectivity index (χ3v) is 5.56. The van der Waals surface area contributed by atoms with Crippen molar-refractivity contribution in [2.24, 2.45) is 11.1 Å². The summed E-state index contributed by atoms with van der Waals surface area (Å²) in [5.41, 5.74) is 6.57. The Morgan fingerprint density at radius 3 is 2.93 bits per heavy atom. The summed E-state index contributed by atoms with van der Waals surface area (Å²) in [6.07, 6.45) is 0.467. The minimum Gasteiger partial charge on any atom is -0.394 e. The minimum atomic E-state index is -1.07. The van der Waals surface area contributed by atoms with E-state index in [0.717, 1.165) is 0 Å². The van der Waals surface area contributed by atoms with Crippen LogP contribution in [-0.2, 0) is 4.79 Å². The van der Waals surface area contributed by atoms with Crippen LogP contribution in [0, 0.1) is 17.3 Å². The zero-order valence-corrected chi connectivity index (χ0v) is 15.5. The maximum Gasteiger partial charge on any atom is 0.268 e. The molecule has 3 heterocycles. The Morgan fingerprint density at radius 1 is 1.36 bits per heavy atom. The minimum absolute atomic E-state index is 0.188. The summed E-state index contributed by atoms with van der Waals surface area (Å²) < 4.78 is 0.657. The average Bonchev–Trinajstić information content (AvgIpc) is 3.32. The first-order chi connectivity index (χ1) is 13.5. The second kappa shape index (κ2) is 7.03. The molecule has 1 aliphatic heterocycles. The number of hydrogen-bond acceptors (Lipinski definition) is 6. The van der Waals surface area contributed by atoms with Crippen LogP contribution in [0.2, 0.25) is 0 Å². The Morgan fingerprint density at radius 2 is 2.21 bits per heavy atom. The van der Waals surface area contributed by atoms with Gasteiger partial charge in [-0.3, -0.25) is 9.59 Å². The van der Waals surface area contributed by atoms with Crippen molar-refractivity contribution in [3.8, 4) is 23.2 Å². The number of rotatable bonds is 3. The van der Waals surface area contributed by atoms with Crippen molar-refractivity contribution in [1.29, 1.82) is 0 Å². The lowest BCUT2D eigenvalue weighted by Gasteiger charge is -2.15. The molecule has 2 aromatic heterocycles. The molecule has 1 saturated heterocycles. The van der Waals surface area contributed by atoms with Gasteiger partial charge in [0.15, 0.2) is 5.82 Å². The van der Waals surface area contributed by atoms with E-state index in [4.69, 9.17) is 5.73 Å². The van der Waals surface area contributed by atoms with E-state index in [-0.39, 0.29) is 18.2 Å². The standard InChI is InChI=1S/C20H16N4O3S/c21-17(26)15-16-14(5-9-28-16)23-18(24-15)13-3-1-2-12(10-13)4-6-20(11-25)7-8-22-19(20)27/h1-3,5,9-10,25H,7-8,11H2,(H2,21,26)(H,22,27)/t20-/m0/s1. The molecule has 2 amide bonds. The van der Waals surface area contributed by atoms with E-state index in [2.05, 4.69) is 27.1 Å². The van der Waals surface area contributed by atoms with Crippen molar-refractivity contribution in [1.82, 2.24) is 15.3 Å². The van der Waals surface area contributed by atoms with E-state index in [1.807, 2.05) is 17.5 Å². The van der Waals surface area contributed by atoms with E-state index in [1.165, 1.54) is 11.3 Å². The first kappa shape index (κ1) is 18.1. The highest BCUT2D eigenvalue weighted by atomic mass is 32.1. The summed E-state index contributed by atoms with van der Waals surface area (Å²) in [5, 5.41) is 14.2. The number of nitrogens with zero attached hydrogens (tertiary/aromatic N) is 2. The van der Waals surface area contributed by atoms with Gasteiger partial charge in [-0.25, -0.2) is 9.97 Å². The molecule has 4 N–H and O–H groups in total. The van der Waals surface area contributed by atoms with Gasteiger partial charge in [0.25, 0.3) is 5.91 Å². The second-order valence-electron chi connectivity index (χ2n) is 6.47. The van der Waals surface area contributed by atoms with E-state index < -0.39 is 11.3 Å². The Bertz CT molecular complexity index is 1160. The number of aliphatic hydroxyl groups is 1. The van der Waals surface area contributed by atoms with Crippen molar-refractivity contribution in [2.45, 2.75) is 6.42 Å². The molecule has 1 atom stereocenters. The predicted molar refractivity (Wildman–Crippen MR) is 105 cm³/mol. The molecule has 7 nitrogen and oxygen atoms in total. The molecule has 0 unspecified atom stereocenters. The lowest BCUT2D eigenvalue weighted by atomic mass is 9.88. The van der Waals surface area contributed by atoms with Crippen LogP contribution in [0.3, 0.4) is 0 Å². The molecule has 0 radical (unpaired) electrons. The van der Waals surface area contributed by atoms with Crippen molar-refractivity contribution >= 4 is 33.4 Å². The number of benzene rings is 1. The number of nitrogens with two attached hydrogens (primary N) is 1. The topological polar surface area (TPSA) is 118 Å². The van der Waals surface area contributed by atoms with E-state index >= 15 is 0 Å². The summed E-state index contributed by atoms with van der Waals surface area (Å²) in [4.78, 5) is 32.6. The van der Waals surface area contributed by atoms with Crippen molar-refractivity contribution in [3.05, 3.63) is 47.0 Å². The highest BCUT2D eigenvalue weighted by Gasteiger charge is 2.40. The maximum atomic E-state index is 12.0. The maximum absolute atomic E-state index is 12.0. The van der Waals surface area contributed by atoms with Gasteiger partial charge in [0.05, 0.1) is 16.8 Å². The van der Waals surface area contributed by atoms with Gasteiger partial charge in [-0.05, 0) is 30.0 Å². The molecule has 28 heavy (non-hydrogen) atoms. The molecule has 140 valence electrons. The molecule has 3 aromatic rings. The quantitative estimate of drug-likeness (QED) is 0.581. The number of nitrogens with one attached hydrogen (secondary N) is 1. The SMILES string of the molecule is NC(=O)c1nc(-c2cccc(C#C[C@@]3(CO)CCNC3=O)c2)nc2ccsc12. The Balaban J connectivity index is 1.74. The molecule has 1 fully saturated rings. The van der Waals surface area contributed by atoms with Crippen LogP contribution in [0.4, 0.5) is 0 Å². The fourth-order valence-corrected chi connectivity index (χ4v) is 3.89. The third-order valence-electron chi connectivity index (χ3n) is 4.65. The number of amides is 2. The molecular weight excluding hydrogens is 376 g/mol. The Labute approximate surface area is 164 Å². The summed E-state index contributed by atoms with van der Waals surface area (Å²) in [6.45, 7) is 0.171. The third kappa shape index (κ3) is 3.11. The number of fused-ring (bicyclic) bond motifs is 1. The van der Waals surface area contributed by atoms with Crippen LogP contribution >= 0.6 is 11.3 Å². The van der Waals surface area contributed by atoms with Crippen LogP contribution in [-0.4, -0.2) is 40.0 Å². The number of aliphatic hydroxyl groups excluding tert-OH is 1. The van der Waals surface area contributed by atoms with Gasteiger partial charge in [0, 0.05) is 17.7 Å². The Kier molecular flexibility index (Phi) is 4.55. The van der Waals surface area contributed by atoms with Crippen LogP contribution < -0.4 is 11.1 Å². The van der Waals surface area contributed by atoms with Gasteiger partial charge < -0.3 is 16.2 Å². The molecule has 1 aromatic carbocycles. The van der Waals surface area contributed by atoms with Gasteiger partial charge in [-0.2, -0.15) is 0 Å². The van der Waals surface area contributed by atoms with Crippen molar-refractivity contribution < 1.29 is 14.7 Å². The van der Waals surface area contributed by atoms with Gasteiger partial charge in [-0.15, -0.1) is 11.3 Å². The monoisotopic (exact) mass is 392 g/mol. The lowest BCUT2D eigenvalue weighted by Crippen LogP contribution is -2.33. The molecule has 8 heteroatoms. The number of aromatic nitrogens is 2. The first-order valence-electron chi connectivity index (χ1n) is 8.60. The molecule has 4 rings (SSSR count). The highest BCUT2D eigenvalue weighted by Crippen LogP contribution is 2.27. The molecule has 0 aliphatic carbocycles. The molecule has 0 spiro atoms. The molecule has 1 aliphatic rings. The number of hydrogen-bond donors (Lipinski definition) is 3. The zero-order valence-electron chi connectivity index (χ0n) is 14.7. The van der Waals surface area contributed by atoms with Crippen LogP contribution in [0.25, 0.3) is 21.6 Å². The lowest BCUT2D eigenvalue weighted by molar-refractivity contribution is -0.126. The number of carbonyl (C=O) groups is 2. The Hall–Kier alpha value is -3.28. The summed E-state index contributed by atoms with van der Waals surface area (Å²) >= 11 is 1.36. The van der Waals surface area contributed by atoms with E-state index in [9.17, 15) is 14.7 Å². The predicted octanol–water partition coefficient (Wildman–Crippen LogP) is 1.31. The largest absolute Gasteiger partial charge is 0.394 e. The smallest absolute Gasteiger partial charge is 0.268 e. The van der Waals surface area contributed by atoms with Crippen LogP contribution in [0.15, 0.2) is 35.7 Å². The van der Waals surface area contributed by atoms with Gasteiger partial charge in [0.1, 0.15) is 11.1 Å². The number of thiophene rings is 1. The van der Waals surface area contributed by atoms with E-state index in [1.54, 1.807) is 18.2 Å². The number of carbonyl (C=O) groups excluding carboxylic acids is 2. The van der Waals surface area contributed by atoms with Gasteiger partial charge in [0.2, 0.25) is 5.91 Å². The van der Waals surface area contributed by atoms with Gasteiger partial charge in [-0.1, -0.05) is 24.0 Å². The van der Waals surface area contributed by atoms with Crippen molar-refractivity contribution in [2.75, 3.05) is 13.2 Å². The fraction of sp³-hybridized carbons (Fsp3) is 0.200. The zero-order chi connectivity index (χ0) is 19.7. The van der Waals surface area contributed by atoms with E-state index in [0.29, 0.717) is 40.1 Å². The average molecular weight is 392 g/mol. The summed E-state index contributed by atoms with van der Waals surface area (Å²) in [7, 11) is 0. The highest BCUT2D eigenvalue weighted by molar-refractivity contribution is 7.17. The molecule has 0 saturated carbocycles. The van der Waals surface area contributed by atoms with Gasteiger partial charge >= 0.3 is 0 Å². The first-order valence-corrected chi connectivity index (χ1v) is 9.48. The number of primary amides is 1. The van der Waals surface area contributed by atoms with Crippen molar-refractivity contribution in [3.63, 3.8) is 0 Å². The van der Waals surface area contributed by atoms with Crippen LogP contribution in [0.1, 0.15) is 22.5 Å². The fourth-order valence-electron chi connectivity index (χ4n) is 3.07. The summed E-state index contributed by atoms with van der Waals surface area (Å²) in [6, 6.07) is 9.00. The summed E-state index contributed by atoms with van der Waals surface area (Å²) in [5.74, 6) is 5.40. The molecular formula is C20H16N4O3S. The molecule has 0 bridgehead atoms.